The summed E-state index contributed by atoms with van der Waals surface area (Å²) in [5.74, 6) is -0.135. The summed E-state index contributed by atoms with van der Waals surface area (Å²) in [5, 5.41) is 5.80. The lowest BCUT2D eigenvalue weighted by Gasteiger charge is -2.07. The van der Waals surface area contributed by atoms with Gasteiger partial charge in [-0.25, -0.2) is 14.4 Å². The molecular formula is C18H16FN5O. The Morgan fingerprint density at radius 1 is 0.960 bits per heavy atom. The smallest absolute Gasteiger partial charge is 0.254 e. The van der Waals surface area contributed by atoms with E-state index in [0.29, 0.717) is 24.6 Å². The van der Waals surface area contributed by atoms with E-state index in [2.05, 4.69) is 25.6 Å². The normalized spacial score (nSPS) is 10.3. The summed E-state index contributed by atoms with van der Waals surface area (Å²) in [6.45, 7) is 0.851. The van der Waals surface area contributed by atoms with Crippen molar-refractivity contribution in [3.63, 3.8) is 0 Å². The Kier molecular flexibility index (Phi) is 5.26. The fourth-order valence-corrected chi connectivity index (χ4v) is 2.11. The number of halogens is 1. The van der Waals surface area contributed by atoms with Crippen LogP contribution in [0.25, 0.3) is 0 Å². The SMILES string of the molecule is O=C(NCc1cccnc1)c1cnc(NCc2ccc(F)cc2)nc1. The van der Waals surface area contributed by atoms with E-state index in [1.165, 1.54) is 24.5 Å². The molecule has 0 unspecified atom stereocenters. The largest absolute Gasteiger partial charge is 0.350 e. The molecule has 0 aliphatic carbocycles. The average Bonchev–Trinajstić information content (AvgIpc) is 2.67. The second-order valence-electron chi connectivity index (χ2n) is 5.32. The van der Waals surface area contributed by atoms with Crippen molar-refractivity contribution in [2.75, 3.05) is 5.32 Å². The fraction of sp³-hybridized carbons (Fsp3) is 0.111. The van der Waals surface area contributed by atoms with Gasteiger partial charge in [0.05, 0.1) is 5.56 Å². The lowest BCUT2D eigenvalue weighted by atomic mass is 10.2. The number of carbonyl (C=O) groups excluding carboxylic acids is 1. The van der Waals surface area contributed by atoms with Gasteiger partial charge in [0.2, 0.25) is 5.95 Å². The molecule has 2 aromatic heterocycles. The van der Waals surface area contributed by atoms with Gasteiger partial charge in [-0.15, -0.1) is 0 Å². The number of nitrogens with zero attached hydrogens (tertiary/aromatic N) is 3. The molecule has 126 valence electrons. The van der Waals surface area contributed by atoms with Crippen molar-refractivity contribution in [1.29, 1.82) is 0 Å². The predicted molar refractivity (Wildman–Crippen MR) is 91.2 cm³/mol. The number of carbonyl (C=O) groups is 1. The molecule has 2 heterocycles. The van der Waals surface area contributed by atoms with Crippen molar-refractivity contribution in [3.05, 3.63) is 83.7 Å². The van der Waals surface area contributed by atoms with Crippen molar-refractivity contribution in [2.24, 2.45) is 0 Å². The van der Waals surface area contributed by atoms with E-state index in [0.717, 1.165) is 11.1 Å². The van der Waals surface area contributed by atoms with E-state index in [-0.39, 0.29) is 11.7 Å². The van der Waals surface area contributed by atoms with Gasteiger partial charge in [-0.2, -0.15) is 0 Å². The maximum Gasteiger partial charge on any atom is 0.254 e. The van der Waals surface area contributed by atoms with Crippen LogP contribution in [0.3, 0.4) is 0 Å². The Hall–Kier alpha value is -3.35. The first-order valence-corrected chi connectivity index (χ1v) is 7.68. The molecule has 0 aliphatic heterocycles. The highest BCUT2D eigenvalue weighted by Gasteiger charge is 2.07. The van der Waals surface area contributed by atoms with Crippen molar-refractivity contribution < 1.29 is 9.18 Å². The summed E-state index contributed by atoms with van der Waals surface area (Å²) < 4.78 is 12.9. The summed E-state index contributed by atoms with van der Waals surface area (Å²) in [6, 6.07) is 9.85. The van der Waals surface area contributed by atoms with Gasteiger partial charge < -0.3 is 10.6 Å². The highest BCUT2D eigenvalue weighted by Crippen LogP contribution is 2.06. The van der Waals surface area contributed by atoms with Crippen LogP contribution < -0.4 is 10.6 Å². The molecule has 0 atom stereocenters. The van der Waals surface area contributed by atoms with E-state index in [1.54, 1.807) is 24.5 Å². The molecule has 1 amide bonds. The number of nitrogens with one attached hydrogen (secondary N) is 2. The van der Waals surface area contributed by atoms with Crippen LogP contribution in [0.1, 0.15) is 21.5 Å². The third kappa shape index (κ3) is 4.81. The number of hydrogen-bond donors (Lipinski definition) is 2. The number of rotatable bonds is 6. The second-order valence-corrected chi connectivity index (χ2v) is 5.32. The topological polar surface area (TPSA) is 79.8 Å². The van der Waals surface area contributed by atoms with Crippen LogP contribution in [0.5, 0.6) is 0 Å². The molecule has 3 aromatic rings. The number of hydrogen-bond acceptors (Lipinski definition) is 5. The maximum atomic E-state index is 12.9. The van der Waals surface area contributed by atoms with Gasteiger partial charge in [-0.1, -0.05) is 18.2 Å². The molecule has 2 N–H and O–H groups in total. The average molecular weight is 337 g/mol. The molecule has 6 nitrogen and oxygen atoms in total. The van der Waals surface area contributed by atoms with Gasteiger partial charge in [0.15, 0.2) is 0 Å². The zero-order chi connectivity index (χ0) is 17.5. The highest BCUT2D eigenvalue weighted by molar-refractivity contribution is 5.93. The minimum atomic E-state index is -0.276. The van der Waals surface area contributed by atoms with Crippen LogP contribution >= 0.6 is 0 Å². The monoisotopic (exact) mass is 337 g/mol. The van der Waals surface area contributed by atoms with Gasteiger partial charge in [0.25, 0.3) is 5.91 Å². The first-order chi connectivity index (χ1) is 12.2. The molecule has 0 spiro atoms. The molecule has 7 heteroatoms. The van der Waals surface area contributed by atoms with Crippen LogP contribution in [-0.4, -0.2) is 20.9 Å². The van der Waals surface area contributed by atoms with Crippen LogP contribution in [0, 0.1) is 5.82 Å². The molecule has 3 rings (SSSR count). The molecular weight excluding hydrogens is 321 g/mol. The molecule has 0 aliphatic rings. The Labute approximate surface area is 144 Å². The van der Waals surface area contributed by atoms with Gasteiger partial charge >= 0.3 is 0 Å². The lowest BCUT2D eigenvalue weighted by Crippen LogP contribution is -2.23. The Morgan fingerprint density at radius 3 is 2.40 bits per heavy atom. The minimum absolute atomic E-state index is 0.256. The minimum Gasteiger partial charge on any atom is -0.350 e. The van der Waals surface area contributed by atoms with Crippen molar-refractivity contribution >= 4 is 11.9 Å². The van der Waals surface area contributed by atoms with E-state index in [1.807, 2.05) is 12.1 Å². The predicted octanol–water partition coefficient (Wildman–Crippen LogP) is 2.55. The number of benzene rings is 1. The molecule has 1 aromatic carbocycles. The second kappa shape index (κ2) is 7.96. The molecule has 0 saturated carbocycles. The zero-order valence-electron chi connectivity index (χ0n) is 13.3. The summed E-state index contributed by atoms with van der Waals surface area (Å²) in [4.78, 5) is 24.3. The standard InChI is InChI=1S/C18H16FN5O/c19-16-5-3-13(4-6-16)9-22-18-23-11-15(12-24-18)17(25)21-10-14-2-1-7-20-8-14/h1-8,11-12H,9-10H2,(H,21,25)(H,22,23,24). The van der Waals surface area contributed by atoms with Crippen LogP contribution in [0.2, 0.25) is 0 Å². The molecule has 0 saturated heterocycles. The zero-order valence-corrected chi connectivity index (χ0v) is 13.3. The Balaban J connectivity index is 1.52. The fourth-order valence-electron chi connectivity index (χ4n) is 2.11. The molecule has 0 radical (unpaired) electrons. The Bertz CT molecular complexity index is 822. The van der Waals surface area contributed by atoms with Gasteiger partial charge in [-0.3, -0.25) is 9.78 Å². The maximum absolute atomic E-state index is 12.9. The van der Waals surface area contributed by atoms with Gasteiger partial charge in [0, 0.05) is 37.9 Å². The summed E-state index contributed by atoms with van der Waals surface area (Å²) in [5.41, 5.74) is 2.19. The summed E-state index contributed by atoms with van der Waals surface area (Å²) in [7, 11) is 0. The number of pyridine rings is 1. The molecule has 0 fully saturated rings. The van der Waals surface area contributed by atoms with Crippen molar-refractivity contribution in [2.45, 2.75) is 13.1 Å². The molecule has 25 heavy (non-hydrogen) atoms. The quantitative estimate of drug-likeness (QED) is 0.723. The van der Waals surface area contributed by atoms with E-state index in [9.17, 15) is 9.18 Å². The lowest BCUT2D eigenvalue weighted by molar-refractivity contribution is 0.0950. The number of aromatic nitrogens is 3. The van der Waals surface area contributed by atoms with E-state index >= 15 is 0 Å². The van der Waals surface area contributed by atoms with Crippen molar-refractivity contribution in [1.82, 2.24) is 20.3 Å². The summed E-state index contributed by atoms with van der Waals surface area (Å²) in [6.07, 6.45) is 6.28. The van der Waals surface area contributed by atoms with E-state index in [4.69, 9.17) is 0 Å². The van der Waals surface area contributed by atoms with Crippen molar-refractivity contribution in [3.8, 4) is 0 Å². The van der Waals surface area contributed by atoms with Crippen LogP contribution in [0.4, 0.5) is 10.3 Å². The third-order valence-electron chi connectivity index (χ3n) is 3.45. The first kappa shape index (κ1) is 16.5. The molecule has 0 bridgehead atoms. The highest BCUT2D eigenvalue weighted by atomic mass is 19.1. The Morgan fingerprint density at radius 2 is 1.72 bits per heavy atom. The van der Waals surface area contributed by atoms with Crippen LogP contribution in [-0.2, 0) is 13.1 Å². The summed E-state index contributed by atoms with van der Waals surface area (Å²) >= 11 is 0. The third-order valence-corrected chi connectivity index (χ3v) is 3.45. The van der Waals surface area contributed by atoms with Crippen LogP contribution in [0.15, 0.2) is 61.2 Å². The first-order valence-electron chi connectivity index (χ1n) is 7.68. The van der Waals surface area contributed by atoms with Gasteiger partial charge in [-0.05, 0) is 29.3 Å². The van der Waals surface area contributed by atoms with Gasteiger partial charge in [0.1, 0.15) is 5.82 Å². The number of anilines is 1. The number of amides is 1. The van der Waals surface area contributed by atoms with E-state index < -0.39 is 0 Å².